The van der Waals surface area contributed by atoms with Crippen LogP contribution < -0.4 is 5.32 Å². The van der Waals surface area contributed by atoms with E-state index in [1.54, 1.807) is 0 Å². The molecule has 0 amide bonds. The Morgan fingerprint density at radius 3 is 2.48 bits per heavy atom. The maximum absolute atomic E-state index is 5.84. The van der Waals surface area contributed by atoms with E-state index < -0.39 is 0 Å². The van der Waals surface area contributed by atoms with Crippen LogP contribution in [0.1, 0.15) is 45.6 Å². The second kappa shape index (κ2) is 6.90. The molecule has 0 saturated heterocycles. The molecule has 0 aliphatic carbocycles. The zero-order valence-electron chi connectivity index (χ0n) is 13.6. The number of nitrogens with zero attached hydrogens (tertiary/aromatic N) is 1. The minimum Gasteiger partial charge on any atom is -0.441 e. The van der Waals surface area contributed by atoms with Crippen molar-refractivity contribution in [3.8, 4) is 11.3 Å². The summed E-state index contributed by atoms with van der Waals surface area (Å²) in [5, 5.41) is 3.31. The molecule has 2 rings (SSSR count). The van der Waals surface area contributed by atoms with Crippen LogP contribution in [0.2, 0.25) is 0 Å². The van der Waals surface area contributed by atoms with Crippen LogP contribution in [0, 0.1) is 0 Å². The zero-order chi connectivity index (χ0) is 15.3. The Hall–Kier alpha value is -1.61. The van der Waals surface area contributed by atoms with E-state index in [1.807, 2.05) is 6.20 Å². The Labute approximate surface area is 127 Å². The number of rotatable bonds is 6. The SMILES string of the molecule is CCNCCCc1ncc(-c2ccc(C(C)(C)C)cc2)o1. The van der Waals surface area contributed by atoms with Crippen LogP contribution in [0.4, 0.5) is 0 Å². The predicted molar refractivity (Wildman–Crippen MR) is 87.5 cm³/mol. The van der Waals surface area contributed by atoms with Gasteiger partial charge in [-0.2, -0.15) is 0 Å². The molecule has 1 aromatic carbocycles. The van der Waals surface area contributed by atoms with Crippen molar-refractivity contribution >= 4 is 0 Å². The van der Waals surface area contributed by atoms with Crippen molar-refractivity contribution in [2.75, 3.05) is 13.1 Å². The van der Waals surface area contributed by atoms with Gasteiger partial charge in [-0.25, -0.2) is 4.98 Å². The molecule has 0 atom stereocenters. The lowest BCUT2D eigenvalue weighted by Crippen LogP contribution is -2.14. The van der Waals surface area contributed by atoms with Gasteiger partial charge in [-0.1, -0.05) is 52.0 Å². The molecule has 0 unspecified atom stereocenters. The van der Waals surface area contributed by atoms with Gasteiger partial charge in [0, 0.05) is 12.0 Å². The number of hydrogen-bond donors (Lipinski definition) is 1. The largest absolute Gasteiger partial charge is 0.441 e. The molecule has 0 aliphatic heterocycles. The van der Waals surface area contributed by atoms with Crippen LogP contribution in [0.3, 0.4) is 0 Å². The fourth-order valence-corrected chi connectivity index (χ4v) is 2.24. The van der Waals surface area contributed by atoms with Crippen LogP contribution >= 0.6 is 0 Å². The van der Waals surface area contributed by atoms with Gasteiger partial charge in [0.2, 0.25) is 0 Å². The summed E-state index contributed by atoms with van der Waals surface area (Å²) in [4.78, 5) is 4.37. The highest BCUT2D eigenvalue weighted by Crippen LogP contribution is 2.26. The summed E-state index contributed by atoms with van der Waals surface area (Å²) in [6.45, 7) is 10.8. The van der Waals surface area contributed by atoms with Gasteiger partial charge in [0.1, 0.15) is 0 Å². The van der Waals surface area contributed by atoms with Crippen LogP contribution in [0.25, 0.3) is 11.3 Å². The number of aryl methyl sites for hydroxylation is 1. The molecule has 21 heavy (non-hydrogen) atoms. The van der Waals surface area contributed by atoms with Gasteiger partial charge in [0.15, 0.2) is 11.7 Å². The summed E-state index contributed by atoms with van der Waals surface area (Å²) in [6, 6.07) is 8.57. The Morgan fingerprint density at radius 2 is 1.86 bits per heavy atom. The van der Waals surface area contributed by atoms with Crippen molar-refractivity contribution in [3.63, 3.8) is 0 Å². The Balaban J connectivity index is 2.00. The van der Waals surface area contributed by atoms with Crippen LogP contribution in [0.5, 0.6) is 0 Å². The van der Waals surface area contributed by atoms with Crippen LogP contribution in [0.15, 0.2) is 34.9 Å². The average molecular weight is 286 g/mol. The second-order valence-electron chi connectivity index (χ2n) is 6.40. The number of hydrogen-bond acceptors (Lipinski definition) is 3. The summed E-state index contributed by atoms with van der Waals surface area (Å²) in [6.07, 6.45) is 3.76. The Kier molecular flexibility index (Phi) is 5.18. The summed E-state index contributed by atoms with van der Waals surface area (Å²) in [7, 11) is 0. The van der Waals surface area contributed by atoms with E-state index in [2.05, 4.69) is 62.3 Å². The molecule has 1 heterocycles. The molecule has 0 aliphatic rings. The van der Waals surface area contributed by atoms with E-state index in [1.165, 1.54) is 5.56 Å². The van der Waals surface area contributed by atoms with Crippen molar-refractivity contribution in [2.24, 2.45) is 0 Å². The first-order chi connectivity index (χ1) is 10.0. The lowest BCUT2D eigenvalue weighted by atomic mass is 9.86. The third kappa shape index (κ3) is 4.43. The fraction of sp³-hybridized carbons (Fsp3) is 0.500. The Morgan fingerprint density at radius 1 is 1.14 bits per heavy atom. The summed E-state index contributed by atoms with van der Waals surface area (Å²) >= 11 is 0. The topological polar surface area (TPSA) is 38.1 Å². The zero-order valence-corrected chi connectivity index (χ0v) is 13.6. The molecule has 0 fully saturated rings. The van der Waals surface area contributed by atoms with Crippen molar-refractivity contribution in [3.05, 3.63) is 41.9 Å². The van der Waals surface area contributed by atoms with Gasteiger partial charge in [0.05, 0.1) is 6.20 Å². The molecular weight excluding hydrogens is 260 g/mol. The summed E-state index contributed by atoms with van der Waals surface area (Å²) < 4.78 is 5.84. The highest BCUT2D eigenvalue weighted by molar-refractivity contribution is 5.57. The second-order valence-corrected chi connectivity index (χ2v) is 6.40. The molecule has 0 bridgehead atoms. The third-order valence-electron chi connectivity index (χ3n) is 3.58. The van der Waals surface area contributed by atoms with Crippen molar-refractivity contribution in [1.29, 1.82) is 0 Å². The van der Waals surface area contributed by atoms with Crippen molar-refractivity contribution < 1.29 is 4.42 Å². The molecule has 3 nitrogen and oxygen atoms in total. The fourth-order valence-electron chi connectivity index (χ4n) is 2.24. The lowest BCUT2D eigenvalue weighted by Gasteiger charge is -2.18. The van der Waals surface area contributed by atoms with Gasteiger partial charge in [-0.3, -0.25) is 0 Å². The van der Waals surface area contributed by atoms with Gasteiger partial charge < -0.3 is 9.73 Å². The van der Waals surface area contributed by atoms with Crippen LogP contribution in [-0.4, -0.2) is 18.1 Å². The molecule has 3 heteroatoms. The molecule has 1 aromatic heterocycles. The number of oxazole rings is 1. The van der Waals surface area contributed by atoms with Crippen LogP contribution in [-0.2, 0) is 11.8 Å². The van der Waals surface area contributed by atoms with Gasteiger partial charge >= 0.3 is 0 Å². The maximum Gasteiger partial charge on any atom is 0.194 e. The van der Waals surface area contributed by atoms with E-state index in [4.69, 9.17) is 4.42 Å². The smallest absolute Gasteiger partial charge is 0.194 e. The van der Waals surface area contributed by atoms with Crippen molar-refractivity contribution in [1.82, 2.24) is 10.3 Å². The molecule has 0 spiro atoms. The van der Waals surface area contributed by atoms with E-state index in [-0.39, 0.29) is 5.41 Å². The Bertz CT molecular complexity index is 549. The number of nitrogens with one attached hydrogen (secondary N) is 1. The highest BCUT2D eigenvalue weighted by Gasteiger charge is 2.14. The molecule has 1 N–H and O–H groups in total. The molecule has 0 radical (unpaired) electrons. The minimum absolute atomic E-state index is 0.178. The lowest BCUT2D eigenvalue weighted by molar-refractivity contribution is 0.493. The molecule has 2 aromatic rings. The monoisotopic (exact) mass is 286 g/mol. The number of benzene rings is 1. The normalized spacial score (nSPS) is 11.8. The number of aromatic nitrogens is 1. The van der Waals surface area contributed by atoms with E-state index in [0.29, 0.717) is 0 Å². The van der Waals surface area contributed by atoms with E-state index in [0.717, 1.165) is 43.1 Å². The first-order valence-corrected chi connectivity index (χ1v) is 7.77. The summed E-state index contributed by atoms with van der Waals surface area (Å²) in [5.41, 5.74) is 2.60. The first-order valence-electron chi connectivity index (χ1n) is 7.77. The van der Waals surface area contributed by atoms with E-state index >= 15 is 0 Å². The van der Waals surface area contributed by atoms with Gasteiger partial charge in [-0.15, -0.1) is 0 Å². The molecule has 114 valence electrons. The molecule has 0 saturated carbocycles. The highest BCUT2D eigenvalue weighted by atomic mass is 16.4. The predicted octanol–water partition coefficient (Wildman–Crippen LogP) is 4.18. The third-order valence-corrected chi connectivity index (χ3v) is 3.58. The van der Waals surface area contributed by atoms with E-state index in [9.17, 15) is 0 Å². The minimum atomic E-state index is 0.178. The standard InChI is InChI=1S/C18H26N2O/c1-5-19-12-6-7-17-20-13-16(21-17)14-8-10-15(11-9-14)18(2,3)4/h8-11,13,19H,5-7,12H2,1-4H3. The van der Waals surface area contributed by atoms with Crippen molar-refractivity contribution in [2.45, 2.75) is 46.0 Å². The summed E-state index contributed by atoms with van der Waals surface area (Å²) in [5.74, 6) is 1.68. The maximum atomic E-state index is 5.84. The first kappa shape index (κ1) is 15.8. The average Bonchev–Trinajstić information content (AvgIpc) is 2.92. The molecular formula is C18H26N2O. The quantitative estimate of drug-likeness (QED) is 0.809. The van der Waals surface area contributed by atoms with Gasteiger partial charge in [0.25, 0.3) is 0 Å². The van der Waals surface area contributed by atoms with Gasteiger partial charge in [-0.05, 0) is 30.5 Å².